The van der Waals surface area contributed by atoms with Crippen molar-refractivity contribution in [1.29, 1.82) is 0 Å². The Morgan fingerprint density at radius 2 is 1.81 bits per heavy atom. The average Bonchev–Trinajstić information content (AvgIpc) is 2.43. The van der Waals surface area contributed by atoms with Crippen LogP contribution in [0.5, 0.6) is 0 Å². The van der Waals surface area contributed by atoms with Gasteiger partial charge in [-0.05, 0) is 30.7 Å². The molecule has 0 bridgehead atoms. The number of carbonyl (C=O) groups excluding carboxylic acids is 1. The maximum absolute atomic E-state index is 12.2. The molecule has 0 aromatic heterocycles. The van der Waals surface area contributed by atoms with Crippen LogP contribution in [0.4, 0.5) is 4.79 Å². The van der Waals surface area contributed by atoms with Gasteiger partial charge in [0.15, 0.2) is 0 Å². The molecule has 0 heterocycles. The minimum atomic E-state index is -0.163. The lowest BCUT2D eigenvalue weighted by atomic mass is 9.88. The highest BCUT2D eigenvalue weighted by atomic mass is 16.3. The Balaban J connectivity index is 2.66. The molecular formula is C17H28N2O2. The van der Waals surface area contributed by atoms with Crippen LogP contribution in [0, 0.1) is 5.41 Å². The Kier molecular flexibility index (Phi) is 6.69. The molecule has 4 heteroatoms. The highest BCUT2D eigenvalue weighted by molar-refractivity contribution is 5.74. The molecule has 0 radical (unpaired) electrons. The van der Waals surface area contributed by atoms with Gasteiger partial charge in [-0.3, -0.25) is 0 Å². The van der Waals surface area contributed by atoms with Crippen molar-refractivity contribution in [3.8, 4) is 0 Å². The number of benzene rings is 1. The minimum Gasteiger partial charge on any atom is -0.396 e. The summed E-state index contributed by atoms with van der Waals surface area (Å²) in [5.41, 5.74) is 1.08. The smallest absolute Gasteiger partial charge is 0.315 e. The number of aliphatic hydroxyl groups excluding tert-OH is 1. The highest BCUT2D eigenvalue weighted by Crippen LogP contribution is 2.20. The summed E-state index contributed by atoms with van der Waals surface area (Å²) in [7, 11) is 0. The van der Waals surface area contributed by atoms with E-state index in [1.54, 1.807) is 0 Å². The number of nitrogens with one attached hydrogen (secondary N) is 2. The molecule has 118 valence electrons. The quantitative estimate of drug-likeness (QED) is 0.754. The number of carbonyl (C=O) groups is 1. The van der Waals surface area contributed by atoms with E-state index in [2.05, 4.69) is 31.4 Å². The Bertz CT molecular complexity index is 426. The highest BCUT2D eigenvalue weighted by Gasteiger charge is 2.23. The van der Waals surface area contributed by atoms with Gasteiger partial charge in [0.2, 0.25) is 0 Å². The van der Waals surface area contributed by atoms with Crippen molar-refractivity contribution in [2.75, 3.05) is 6.61 Å². The molecule has 3 N–H and O–H groups in total. The molecular weight excluding hydrogens is 264 g/mol. The zero-order valence-electron chi connectivity index (χ0n) is 13.5. The standard InChI is InChI=1S/C17H28N2O2/c1-13(17(2,3)4)18-16(21)19-15(11-8-12-20)14-9-6-5-7-10-14/h5-7,9-10,13,15,20H,8,11-12H2,1-4H3,(H2,18,19,21). The maximum Gasteiger partial charge on any atom is 0.315 e. The van der Waals surface area contributed by atoms with Crippen molar-refractivity contribution in [2.45, 2.75) is 52.6 Å². The van der Waals surface area contributed by atoms with E-state index < -0.39 is 0 Å². The first-order chi connectivity index (χ1) is 9.84. The topological polar surface area (TPSA) is 61.4 Å². The molecule has 2 amide bonds. The van der Waals surface area contributed by atoms with Crippen LogP contribution in [0.15, 0.2) is 30.3 Å². The number of rotatable bonds is 6. The first-order valence-electron chi connectivity index (χ1n) is 7.57. The van der Waals surface area contributed by atoms with Gasteiger partial charge in [-0.2, -0.15) is 0 Å². The number of amides is 2. The summed E-state index contributed by atoms with van der Waals surface area (Å²) >= 11 is 0. The van der Waals surface area contributed by atoms with Crippen LogP contribution in [0.3, 0.4) is 0 Å². The van der Waals surface area contributed by atoms with E-state index in [-0.39, 0.29) is 30.1 Å². The largest absolute Gasteiger partial charge is 0.396 e. The summed E-state index contributed by atoms with van der Waals surface area (Å²) in [6.07, 6.45) is 1.38. The second-order valence-electron chi connectivity index (χ2n) is 6.53. The van der Waals surface area contributed by atoms with Crippen LogP contribution >= 0.6 is 0 Å². The molecule has 0 aliphatic carbocycles. The number of hydrogen-bond donors (Lipinski definition) is 3. The lowest BCUT2D eigenvalue weighted by molar-refractivity contribution is 0.216. The summed E-state index contributed by atoms with van der Waals surface area (Å²) in [4.78, 5) is 12.2. The summed E-state index contributed by atoms with van der Waals surface area (Å²) < 4.78 is 0. The van der Waals surface area contributed by atoms with E-state index >= 15 is 0 Å². The summed E-state index contributed by atoms with van der Waals surface area (Å²) in [5.74, 6) is 0. The van der Waals surface area contributed by atoms with Gasteiger partial charge in [0.05, 0.1) is 6.04 Å². The fourth-order valence-corrected chi connectivity index (χ4v) is 1.92. The van der Waals surface area contributed by atoms with E-state index in [1.807, 2.05) is 37.3 Å². The Morgan fingerprint density at radius 1 is 1.19 bits per heavy atom. The predicted molar refractivity (Wildman–Crippen MR) is 86.1 cm³/mol. The average molecular weight is 292 g/mol. The maximum atomic E-state index is 12.2. The fraction of sp³-hybridized carbons (Fsp3) is 0.588. The van der Waals surface area contributed by atoms with Gasteiger partial charge in [-0.25, -0.2) is 4.79 Å². The number of aliphatic hydroxyl groups is 1. The van der Waals surface area contributed by atoms with Crippen LogP contribution in [0.25, 0.3) is 0 Å². The van der Waals surface area contributed by atoms with Crippen LogP contribution in [-0.4, -0.2) is 23.8 Å². The number of urea groups is 1. The molecule has 0 aliphatic rings. The lowest BCUT2D eigenvalue weighted by Crippen LogP contribution is -2.47. The molecule has 4 nitrogen and oxygen atoms in total. The van der Waals surface area contributed by atoms with Crippen molar-refractivity contribution in [3.05, 3.63) is 35.9 Å². The Labute approximate surface area is 128 Å². The minimum absolute atomic E-state index is 0.0185. The SMILES string of the molecule is CC(NC(=O)NC(CCCO)c1ccccc1)C(C)(C)C. The number of hydrogen-bond acceptors (Lipinski definition) is 2. The first kappa shape index (κ1) is 17.5. The van der Waals surface area contributed by atoms with Crippen LogP contribution in [0.1, 0.15) is 52.1 Å². The van der Waals surface area contributed by atoms with Gasteiger partial charge in [-0.1, -0.05) is 51.1 Å². The molecule has 0 fully saturated rings. The van der Waals surface area contributed by atoms with Gasteiger partial charge in [-0.15, -0.1) is 0 Å². The van der Waals surface area contributed by atoms with Gasteiger partial charge < -0.3 is 15.7 Å². The van der Waals surface area contributed by atoms with E-state index in [0.29, 0.717) is 6.42 Å². The predicted octanol–water partition coefficient (Wildman–Crippen LogP) is 3.23. The molecule has 0 spiro atoms. The molecule has 2 unspecified atom stereocenters. The summed E-state index contributed by atoms with van der Waals surface area (Å²) in [6, 6.07) is 9.69. The Hall–Kier alpha value is -1.55. The zero-order valence-corrected chi connectivity index (χ0v) is 13.5. The fourth-order valence-electron chi connectivity index (χ4n) is 1.92. The second-order valence-corrected chi connectivity index (χ2v) is 6.53. The van der Waals surface area contributed by atoms with Crippen LogP contribution in [0.2, 0.25) is 0 Å². The van der Waals surface area contributed by atoms with Crippen molar-refractivity contribution >= 4 is 6.03 Å². The molecule has 1 rings (SSSR count). The third kappa shape index (κ3) is 6.17. The summed E-state index contributed by atoms with van der Waals surface area (Å²) in [6.45, 7) is 8.42. The third-order valence-electron chi connectivity index (χ3n) is 3.80. The molecule has 1 aromatic carbocycles. The van der Waals surface area contributed by atoms with Crippen molar-refractivity contribution in [2.24, 2.45) is 5.41 Å². The van der Waals surface area contributed by atoms with E-state index in [1.165, 1.54) is 0 Å². The van der Waals surface area contributed by atoms with Gasteiger partial charge in [0.1, 0.15) is 0 Å². The monoisotopic (exact) mass is 292 g/mol. The second kappa shape index (κ2) is 8.03. The van der Waals surface area contributed by atoms with Crippen molar-refractivity contribution in [1.82, 2.24) is 10.6 Å². The van der Waals surface area contributed by atoms with Gasteiger partial charge in [0.25, 0.3) is 0 Å². The van der Waals surface area contributed by atoms with E-state index in [0.717, 1.165) is 12.0 Å². The zero-order chi connectivity index (χ0) is 15.9. The molecule has 1 aromatic rings. The van der Waals surface area contributed by atoms with Crippen molar-refractivity contribution in [3.63, 3.8) is 0 Å². The molecule has 2 atom stereocenters. The van der Waals surface area contributed by atoms with Crippen molar-refractivity contribution < 1.29 is 9.90 Å². The third-order valence-corrected chi connectivity index (χ3v) is 3.80. The molecule has 0 saturated heterocycles. The van der Waals surface area contributed by atoms with Gasteiger partial charge >= 0.3 is 6.03 Å². The van der Waals surface area contributed by atoms with E-state index in [9.17, 15) is 4.79 Å². The molecule has 0 saturated carbocycles. The van der Waals surface area contributed by atoms with Crippen LogP contribution in [-0.2, 0) is 0 Å². The summed E-state index contributed by atoms with van der Waals surface area (Å²) in [5, 5.41) is 15.0. The molecule has 0 aliphatic heterocycles. The normalized spacial score (nSPS) is 14.3. The lowest BCUT2D eigenvalue weighted by Gasteiger charge is -2.29. The molecule has 21 heavy (non-hydrogen) atoms. The Morgan fingerprint density at radius 3 is 2.33 bits per heavy atom. The van der Waals surface area contributed by atoms with Gasteiger partial charge in [0, 0.05) is 12.6 Å². The van der Waals surface area contributed by atoms with Crippen LogP contribution < -0.4 is 10.6 Å². The van der Waals surface area contributed by atoms with E-state index in [4.69, 9.17) is 5.11 Å². The first-order valence-corrected chi connectivity index (χ1v) is 7.57.